The second-order valence-corrected chi connectivity index (χ2v) is 5.57. The van der Waals surface area contributed by atoms with Gasteiger partial charge in [0.25, 0.3) is 11.8 Å². The SMILES string of the molecule is CCCCNC(=O)c1cc(C(=O)Nc2ccc(C(F)(F)F)cc2)ccn1. The van der Waals surface area contributed by atoms with Crippen molar-refractivity contribution in [2.75, 3.05) is 11.9 Å². The molecule has 0 bridgehead atoms. The highest BCUT2D eigenvalue weighted by Crippen LogP contribution is 2.29. The first-order chi connectivity index (χ1) is 12.3. The normalized spacial score (nSPS) is 11.1. The van der Waals surface area contributed by atoms with E-state index in [1.165, 1.54) is 30.5 Å². The number of alkyl halides is 3. The molecule has 138 valence electrons. The fourth-order valence-electron chi connectivity index (χ4n) is 2.11. The Balaban J connectivity index is 2.05. The third-order valence-corrected chi connectivity index (χ3v) is 3.54. The number of unbranched alkanes of at least 4 members (excludes halogenated alkanes) is 1. The van der Waals surface area contributed by atoms with Crippen LogP contribution in [0.5, 0.6) is 0 Å². The lowest BCUT2D eigenvalue weighted by Crippen LogP contribution is -2.25. The number of hydrogen-bond acceptors (Lipinski definition) is 3. The molecular formula is C18H18F3N3O2. The van der Waals surface area contributed by atoms with Crippen molar-refractivity contribution in [1.82, 2.24) is 10.3 Å². The van der Waals surface area contributed by atoms with E-state index in [1.807, 2.05) is 6.92 Å². The molecule has 2 N–H and O–H groups in total. The Bertz CT molecular complexity index is 774. The molecular weight excluding hydrogens is 347 g/mol. The summed E-state index contributed by atoms with van der Waals surface area (Å²) in [5, 5.41) is 5.19. The van der Waals surface area contributed by atoms with E-state index in [-0.39, 0.29) is 22.9 Å². The lowest BCUT2D eigenvalue weighted by molar-refractivity contribution is -0.137. The second-order valence-electron chi connectivity index (χ2n) is 5.57. The third kappa shape index (κ3) is 5.30. The summed E-state index contributed by atoms with van der Waals surface area (Å²) >= 11 is 0. The molecule has 2 rings (SSSR count). The van der Waals surface area contributed by atoms with Crippen LogP contribution in [0.3, 0.4) is 0 Å². The van der Waals surface area contributed by atoms with Crippen molar-refractivity contribution in [1.29, 1.82) is 0 Å². The maximum absolute atomic E-state index is 12.5. The van der Waals surface area contributed by atoms with Gasteiger partial charge in [-0.15, -0.1) is 0 Å². The van der Waals surface area contributed by atoms with E-state index in [0.717, 1.165) is 25.0 Å². The number of carbonyl (C=O) groups is 2. The molecule has 5 nitrogen and oxygen atoms in total. The van der Waals surface area contributed by atoms with Gasteiger partial charge in [-0.25, -0.2) is 0 Å². The summed E-state index contributed by atoms with van der Waals surface area (Å²) in [5.41, 5.74) is -0.305. The molecule has 0 atom stereocenters. The molecule has 0 unspecified atom stereocenters. The van der Waals surface area contributed by atoms with Crippen LogP contribution in [0.4, 0.5) is 18.9 Å². The molecule has 1 aromatic heterocycles. The Kier molecular flexibility index (Phi) is 6.32. The first kappa shape index (κ1) is 19.4. The fourth-order valence-corrected chi connectivity index (χ4v) is 2.11. The van der Waals surface area contributed by atoms with Gasteiger partial charge in [-0.2, -0.15) is 13.2 Å². The smallest absolute Gasteiger partial charge is 0.351 e. The summed E-state index contributed by atoms with van der Waals surface area (Å²) in [6.07, 6.45) is -1.34. The van der Waals surface area contributed by atoms with Crippen LogP contribution in [0.1, 0.15) is 46.2 Å². The molecule has 0 spiro atoms. The van der Waals surface area contributed by atoms with E-state index in [0.29, 0.717) is 6.54 Å². The summed E-state index contributed by atoms with van der Waals surface area (Å²) in [7, 11) is 0. The highest BCUT2D eigenvalue weighted by molar-refractivity contribution is 6.05. The van der Waals surface area contributed by atoms with Crippen molar-refractivity contribution in [3.05, 3.63) is 59.4 Å². The number of carbonyl (C=O) groups excluding carboxylic acids is 2. The van der Waals surface area contributed by atoms with Gasteiger partial charge in [0.15, 0.2) is 0 Å². The first-order valence-electron chi connectivity index (χ1n) is 8.04. The van der Waals surface area contributed by atoms with E-state index in [4.69, 9.17) is 0 Å². The van der Waals surface area contributed by atoms with Crippen molar-refractivity contribution in [3.63, 3.8) is 0 Å². The molecule has 0 fully saturated rings. The second kappa shape index (κ2) is 8.46. The molecule has 0 aliphatic heterocycles. The summed E-state index contributed by atoms with van der Waals surface area (Å²) in [5.74, 6) is -0.933. The van der Waals surface area contributed by atoms with Gasteiger partial charge in [0.1, 0.15) is 5.69 Å². The molecule has 0 saturated carbocycles. The zero-order chi connectivity index (χ0) is 19.2. The van der Waals surface area contributed by atoms with Crippen molar-refractivity contribution < 1.29 is 22.8 Å². The summed E-state index contributed by atoms with van der Waals surface area (Å²) < 4.78 is 37.6. The van der Waals surface area contributed by atoms with E-state index >= 15 is 0 Å². The Morgan fingerprint density at radius 1 is 1.08 bits per heavy atom. The van der Waals surface area contributed by atoms with E-state index < -0.39 is 17.6 Å². The van der Waals surface area contributed by atoms with Gasteiger partial charge in [0.2, 0.25) is 0 Å². The number of nitrogens with one attached hydrogen (secondary N) is 2. The number of halogens is 3. The molecule has 0 aliphatic carbocycles. The minimum absolute atomic E-state index is 0.0983. The zero-order valence-electron chi connectivity index (χ0n) is 14.1. The van der Waals surface area contributed by atoms with Gasteiger partial charge in [-0.05, 0) is 42.8 Å². The lowest BCUT2D eigenvalue weighted by Gasteiger charge is -2.09. The van der Waals surface area contributed by atoms with Gasteiger partial charge in [0, 0.05) is 24.0 Å². The van der Waals surface area contributed by atoms with Crippen molar-refractivity contribution in [2.45, 2.75) is 25.9 Å². The van der Waals surface area contributed by atoms with Crippen molar-refractivity contribution >= 4 is 17.5 Å². The molecule has 0 saturated heterocycles. The largest absolute Gasteiger partial charge is 0.416 e. The number of benzene rings is 1. The minimum Gasteiger partial charge on any atom is -0.351 e. The van der Waals surface area contributed by atoms with Crippen LogP contribution < -0.4 is 10.6 Å². The number of anilines is 1. The molecule has 8 heteroatoms. The monoisotopic (exact) mass is 365 g/mol. The number of amides is 2. The summed E-state index contributed by atoms with van der Waals surface area (Å²) in [6.45, 7) is 2.51. The maximum atomic E-state index is 12.5. The van der Waals surface area contributed by atoms with Crippen LogP contribution in [0.15, 0.2) is 42.6 Å². The Hall–Kier alpha value is -2.90. The Labute approximate surface area is 148 Å². The predicted molar refractivity (Wildman–Crippen MR) is 90.9 cm³/mol. The van der Waals surface area contributed by atoms with Crippen molar-refractivity contribution in [2.24, 2.45) is 0 Å². The van der Waals surface area contributed by atoms with Gasteiger partial charge >= 0.3 is 6.18 Å². The van der Waals surface area contributed by atoms with Gasteiger partial charge in [0.05, 0.1) is 5.56 Å². The van der Waals surface area contributed by atoms with Gasteiger partial charge in [-0.3, -0.25) is 14.6 Å². The van der Waals surface area contributed by atoms with Gasteiger partial charge < -0.3 is 10.6 Å². The van der Waals surface area contributed by atoms with Crippen LogP contribution in [0, 0.1) is 0 Å². The molecule has 0 radical (unpaired) electrons. The molecule has 2 amide bonds. The number of hydrogen-bond donors (Lipinski definition) is 2. The Morgan fingerprint density at radius 2 is 1.77 bits per heavy atom. The predicted octanol–water partition coefficient (Wildman–Crippen LogP) is 3.88. The van der Waals surface area contributed by atoms with Crippen LogP contribution in [0.2, 0.25) is 0 Å². The van der Waals surface area contributed by atoms with E-state index in [9.17, 15) is 22.8 Å². The van der Waals surface area contributed by atoms with E-state index in [2.05, 4.69) is 15.6 Å². The van der Waals surface area contributed by atoms with Gasteiger partial charge in [-0.1, -0.05) is 13.3 Å². The average molecular weight is 365 g/mol. The lowest BCUT2D eigenvalue weighted by atomic mass is 10.1. The standard InChI is InChI=1S/C18H18F3N3O2/c1-2-3-9-23-17(26)15-11-12(8-10-22-15)16(25)24-14-6-4-13(5-7-14)18(19,20)21/h4-8,10-11H,2-3,9H2,1H3,(H,23,26)(H,24,25). The van der Waals surface area contributed by atoms with Crippen LogP contribution >= 0.6 is 0 Å². The number of aromatic nitrogens is 1. The maximum Gasteiger partial charge on any atom is 0.416 e. The minimum atomic E-state index is -4.44. The molecule has 0 aliphatic rings. The molecule has 2 aromatic rings. The number of rotatable bonds is 6. The Morgan fingerprint density at radius 3 is 2.38 bits per heavy atom. The van der Waals surface area contributed by atoms with Crippen molar-refractivity contribution in [3.8, 4) is 0 Å². The van der Waals surface area contributed by atoms with Crippen LogP contribution in [-0.4, -0.2) is 23.3 Å². The average Bonchev–Trinajstić information content (AvgIpc) is 2.61. The fraction of sp³-hybridized carbons (Fsp3) is 0.278. The molecule has 26 heavy (non-hydrogen) atoms. The summed E-state index contributed by atoms with van der Waals surface area (Å²) in [6, 6.07) is 6.85. The van der Waals surface area contributed by atoms with Crippen LogP contribution in [-0.2, 0) is 6.18 Å². The topological polar surface area (TPSA) is 71.1 Å². The zero-order valence-corrected chi connectivity index (χ0v) is 14.1. The highest BCUT2D eigenvalue weighted by Gasteiger charge is 2.30. The number of nitrogens with zero attached hydrogens (tertiary/aromatic N) is 1. The quantitative estimate of drug-likeness (QED) is 0.763. The molecule has 1 aromatic carbocycles. The van der Waals surface area contributed by atoms with E-state index in [1.54, 1.807) is 0 Å². The molecule has 1 heterocycles. The first-order valence-corrected chi connectivity index (χ1v) is 8.04. The summed E-state index contributed by atoms with van der Waals surface area (Å²) in [4.78, 5) is 28.1. The van der Waals surface area contributed by atoms with Crippen LogP contribution in [0.25, 0.3) is 0 Å². The number of pyridine rings is 1. The highest BCUT2D eigenvalue weighted by atomic mass is 19.4. The third-order valence-electron chi connectivity index (χ3n) is 3.54.